The summed E-state index contributed by atoms with van der Waals surface area (Å²) in [5.74, 6) is 1.27. The molecule has 0 radical (unpaired) electrons. The fourth-order valence-corrected chi connectivity index (χ4v) is 3.51. The second-order valence-corrected chi connectivity index (χ2v) is 6.67. The molecule has 3 rings (SSSR count). The summed E-state index contributed by atoms with van der Waals surface area (Å²) in [5.41, 5.74) is 2.23. The first-order valence-electron chi connectivity index (χ1n) is 9.87. The lowest BCUT2D eigenvalue weighted by Gasteiger charge is -2.24. The van der Waals surface area contributed by atoms with Gasteiger partial charge in [0.15, 0.2) is 12.1 Å². The number of rotatable bonds is 10. The van der Waals surface area contributed by atoms with Crippen molar-refractivity contribution in [3.05, 3.63) is 83.8 Å². The molecule has 0 aliphatic carbocycles. The molecule has 5 heteroatoms. The number of carbonyl (C=O) groups excluding carboxylic acids is 1. The molecule has 5 nitrogen and oxygen atoms in total. The molecule has 28 heavy (non-hydrogen) atoms. The van der Waals surface area contributed by atoms with Crippen LogP contribution >= 0.6 is 0 Å². The van der Waals surface area contributed by atoms with Crippen LogP contribution in [0.25, 0.3) is 0 Å². The number of hydrogen-bond acceptors (Lipinski definition) is 4. The number of imidazole rings is 1. The van der Waals surface area contributed by atoms with Crippen LogP contribution in [0.1, 0.15) is 41.6 Å². The van der Waals surface area contributed by atoms with Crippen molar-refractivity contribution in [3.63, 3.8) is 0 Å². The number of nitrogens with one attached hydrogen (secondary N) is 1. The van der Waals surface area contributed by atoms with Crippen molar-refractivity contribution in [3.8, 4) is 0 Å². The average Bonchev–Trinajstić information content (AvgIpc) is 3.15. The van der Waals surface area contributed by atoms with Crippen molar-refractivity contribution in [1.82, 2.24) is 14.5 Å². The van der Waals surface area contributed by atoms with Gasteiger partial charge in [0.2, 0.25) is 0 Å². The van der Waals surface area contributed by atoms with Crippen LogP contribution in [0.2, 0.25) is 0 Å². The molecule has 0 atom stereocenters. The minimum absolute atomic E-state index is 0.124. The highest BCUT2D eigenvalue weighted by Gasteiger charge is 2.22. The second kappa shape index (κ2) is 9.85. The first-order valence-corrected chi connectivity index (χ1v) is 9.87. The normalized spacial score (nSPS) is 11.1. The van der Waals surface area contributed by atoms with Crippen LogP contribution in [-0.2, 0) is 0 Å². The average molecular weight is 377 g/mol. The molecule has 1 aromatic heterocycles. The van der Waals surface area contributed by atoms with Crippen molar-refractivity contribution >= 4 is 12.1 Å². The van der Waals surface area contributed by atoms with Gasteiger partial charge in [-0.15, -0.1) is 0 Å². The van der Waals surface area contributed by atoms with Gasteiger partial charge in [0.05, 0.1) is 12.2 Å². The van der Waals surface area contributed by atoms with E-state index in [1.165, 1.54) is 0 Å². The first-order chi connectivity index (χ1) is 13.8. The number of carbonyl (C=O) groups is 1. The third kappa shape index (κ3) is 4.49. The summed E-state index contributed by atoms with van der Waals surface area (Å²) in [5, 5.41) is 3.49. The minimum atomic E-state index is -0.124. The summed E-state index contributed by atoms with van der Waals surface area (Å²) >= 11 is 0. The Balaban J connectivity index is 1.98. The lowest BCUT2D eigenvalue weighted by atomic mass is 9.98. The molecule has 0 amide bonds. The third-order valence-electron chi connectivity index (χ3n) is 5.05. The maximum atomic E-state index is 11.8. The van der Waals surface area contributed by atoms with Crippen molar-refractivity contribution in [2.24, 2.45) is 0 Å². The lowest BCUT2D eigenvalue weighted by Crippen LogP contribution is -2.29. The molecule has 1 heterocycles. The first kappa shape index (κ1) is 19.8. The van der Waals surface area contributed by atoms with Gasteiger partial charge in [-0.2, -0.15) is 0 Å². The molecule has 3 aromatic rings. The third-order valence-corrected chi connectivity index (χ3v) is 5.05. The van der Waals surface area contributed by atoms with E-state index < -0.39 is 0 Å². The topological polar surface area (TPSA) is 50.2 Å². The van der Waals surface area contributed by atoms with Gasteiger partial charge >= 0.3 is 0 Å². The van der Waals surface area contributed by atoms with Crippen molar-refractivity contribution in [2.45, 2.75) is 19.9 Å². The van der Waals surface area contributed by atoms with Crippen LogP contribution in [0, 0.1) is 0 Å². The zero-order chi connectivity index (χ0) is 19.8. The van der Waals surface area contributed by atoms with E-state index >= 15 is 0 Å². The maximum Gasteiger partial charge on any atom is 0.185 e. The van der Waals surface area contributed by atoms with E-state index in [9.17, 15) is 4.79 Å². The fourth-order valence-electron chi connectivity index (χ4n) is 3.51. The molecule has 2 aromatic carbocycles. The van der Waals surface area contributed by atoms with E-state index in [1.54, 1.807) is 6.20 Å². The predicted octanol–water partition coefficient (Wildman–Crippen LogP) is 4.09. The number of aldehydes is 1. The van der Waals surface area contributed by atoms with Crippen molar-refractivity contribution < 1.29 is 4.79 Å². The summed E-state index contributed by atoms with van der Waals surface area (Å²) in [4.78, 5) is 18.5. The maximum absolute atomic E-state index is 11.8. The molecule has 0 saturated heterocycles. The van der Waals surface area contributed by atoms with Crippen molar-refractivity contribution in [1.29, 1.82) is 0 Å². The SMILES string of the molecule is CCN(CC)CCNc1cnc(C=O)n1C(c1ccccc1)c1ccccc1. The molecule has 0 fully saturated rings. The van der Waals surface area contributed by atoms with Crippen LogP contribution in [0.3, 0.4) is 0 Å². The molecule has 1 N–H and O–H groups in total. The van der Waals surface area contributed by atoms with Gasteiger partial charge in [0.1, 0.15) is 5.82 Å². The minimum Gasteiger partial charge on any atom is -0.369 e. The van der Waals surface area contributed by atoms with Gasteiger partial charge in [0, 0.05) is 13.1 Å². The Bertz CT molecular complexity index is 817. The highest BCUT2D eigenvalue weighted by molar-refractivity contribution is 5.71. The van der Waals surface area contributed by atoms with E-state index in [0.717, 1.165) is 49.4 Å². The van der Waals surface area contributed by atoms with Crippen LogP contribution in [0.4, 0.5) is 5.82 Å². The van der Waals surface area contributed by atoms with Crippen LogP contribution < -0.4 is 5.32 Å². The van der Waals surface area contributed by atoms with E-state index in [1.807, 2.05) is 41.0 Å². The summed E-state index contributed by atoms with van der Waals surface area (Å²) in [6.07, 6.45) is 2.58. The molecular formula is C23H28N4O. The molecule has 0 aliphatic heterocycles. The Hall–Kier alpha value is -2.92. The molecule has 0 saturated carbocycles. The smallest absolute Gasteiger partial charge is 0.185 e. The zero-order valence-corrected chi connectivity index (χ0v) is 16.6. The lowest BCUT2D eigenvalue weighted by molar-refractivity contribution is 0.111. The molecular weight excluding hydrogens is 348 g/mol. The Kier molecular flexibility index (Phi) is 6.98. The Labute approximate surface area is 167 Å². The largest absolute Gasteiger partial charge is 0.369 e. The van der Waals surface area contributed by atoms with E-state index in [2.05, 4.69) is 53.3 Å². The summed E-state index contributed by atoms with van der Waals surface area (Å²) in [7, 11) is 0. The predicted molar refractivity (Wildman–Crippen MR) is 114 cm³/mol. The van der Waals surface area contributed by atoms with Gasteiger partial charge in [-0.3, -0.25) is 9.36 Å². The number of hydrogen-bond donors (Lipinski definition) is 1. The summed E-state index contributed by atoms with van der Waals surface area (Å²) < 4.78 is 2.00. The number of aromatic nitrogens is 2. The molecule has 0 bridgehead atoms. The van der Waals surface area contributed by atoms with Crippen LogP contribution in [0.5, 0.6) is 0 Å². The van der Waals surface area contributed by atoms with Gasteiger partial charge < -0.3 is 10.2 Å². The van der Waals surface area contributed by atoms with E-state index in [4.69, 9.17) is 0 Å². The summed E-state index contributed by atoms with van der Waals surface area (Å²) in [6, 6.07) is 20.3. The van der Waals surface area contributed by atoms with E-state index in [-0.39, 0.29) is 6.04 Å². The summed E-state index contributed by atoms with van der Waals surface area (Å²) in [6.45, 7) is 8.11. The van der Waals surface area contributed by atoms with Gasteiger partial charge in [0.25, 0.3) is 0 Å². The molecule has 146 valence electrons. The highest BCUT2D eigenvalue weighted by atomic mass is 16.1. The molecule has 0 unspecified atom stereocenters. The van der Waals surface area contributed by atoms with Gasteiger partial charge in [-0.05, 0) is 24.2 Å². The second-order valence-electron chi connectivity index (χ2n) is 6.67. The van der Waals surface area contributed by atoms with Crippen LogP contribution in [0.15, 0.2) is 66.9 Å². The number of nitrogens with zero attached hydrogens (tertiary/aromatic N) is 3. The standard InChI is InChI=1S/C23H28N4O/c1-3-26(4-2)16-15-24-21-17-25-22(18-28)27(21)23(19-11-7-5-8-12-19)20-13-9-6-10-14-20/h5-14,17-18,23-24H,3-4,15-16H2,1-2H3. The molecule has 0 aliphatic rings. The van der Waals surface area contributed by atoms with Crippen molar-refractivity contribution in [2.75, 3.05) is 31.5 Å². The van der Waals surface area contributed by atoms with Crippen LogP contribution in [-0.4, -0.2) is 46.9 Å². The quantitative estimate of drug-likeness (QED) is 0.542. The Morgan fingerprint density at radius 1 is 1.00 bits per heavy atom. The Morgan fingerprint density at radius 3 is 2.07 bits per heavy atom. The van der Waals surface area contributed by atoms with Gasteiger partial charge in [-0.25, -0.2) is 4.98 Å². The highest BCUT2D eigenvalue weighted by Crippen LogP contribution is 2.31. The number of benzene rings is 2. The molecule has 0 spiro atoms. The number of likely N-dealkylation sites (N-methyl/N-ethyl adjacent to an activating group) is 1. The number of anilines is 1. The van der Waals surface area contributed by atoms with Gasteiger partial charge in [-0.1, -0.05) is 74.5 Å². The zero-order valence-electron chi connectivity index (χ0n) is 16.6. The fraction of sp³-hybridized carbons (Fsp3) is 0.304. The Morgan fingerprint density at radius 2 is 1.57 bits per heavy atom. The monoisotopic (exact) mass is 376 g/mol. The van der Waals surface area contributed by atoms with E-state index in [0.29, 0.717) is 5.82 Å².